The van der Waals surface area contributed by atoms with E-state index in [2.05, 4.69) is 5.32 Å². The van der Waals surface area contributed by atoms with Crippen LogP contribution >= 0.6 is 34.8 Å². The van der Waals surface area contributed by atoms with Crippen molar-refractivity contribution in [3.63, 3.8) is 0 Å². The summed E-state index contributed by atoms with van der Waals surface area (Å²) in [7, 11) is -2.58. The average Bonchev–Trinajstić information content (AvgIpc) is 2.76. The number of sulfonamides is 1. The third-order valence-corrected chi connectivity index (χ3v) is 7.28. The number of ether oxygens (including phenoxy) is 1. The van der Waals surface area contributed by atoms with Crippen molar-refractivity contribution in [1.82, 2.24) is 10.2 Å². The van der Waals surface area contributed by atoms with Crippen molar-refractivity contribution in [1.29, 1.82) is 0 Å². The fraction of sp³-hybridized carbons (Fsp3) is 0.440. The maximum atomic E-state index is 13.8. The molecule has 1 N–H and O–H groups in total. The van der Waals surface area contributed by atoms with Gasteiger partial charge >= 0.3 is 0 Å². The van der Waals surface area contributed by atoms with Crippen LogP contribution in [0.25, 0.3) is 0 Å². The average molecular weight is 593 g/mol. The van der Waals surface area contributed by atoms with E-state index in [0.29, 0.717) is 15.6 Å². The molecular formula is C25H32Cl3N3O5S. The summed E-state index contributed by atoms with van der Waals surface area (Å²) in [6.07, 6.45) is 1.25. The number of halogens is 3. The van der Waals surface area contributed by atoms with Crippen LogP contribution in [-0.2, 0) is 26.2 Å². The van der Waals surface area contributed by atoms with Crippen molar-refractivity contribution in [3.05, 3.63) is 57.0 Å². The molecule has 0 saturated heterocycles. The number of nitrogens with one attached hydrogen (secondary N) is 1. The molecule has 8 nitrogen and oxygen atoms in total. The third kappa shape index (κ3) is 8.67. The Kier molecular flexibility index (Phi) is 10.5. The molecule has 0 spiro atoms. The summed E-state index contributed by atoms with van der Waals surface area (Å²) in [5.41, 5.74) is 0.0968. The number of amides is 2. The number of benzene rings is 2. The Bertz CT molecular complexity index is 1250. The zero-order chi connectivity index (χ0) is 28.1. The number of carbonyl (C=O) groups excluding carboxylic acids is 2. The number of methoxy groups -OCH3 is 1. The molecule has 37 heavy (non-hydrogen) atoms. The summed E-state index contributed by atoms with van der Waals surface area (Å²) in [5.74, 6) is -0.776. The van der Waals surface area contributed by atoms with Gasteiger partial charge in [-0.3, -0.25) is 13.9 Å². The van der Waals surface area contributed by atoms with Gasteiger partial charge in [-0.2, -0.15) is 0 Å². The van der Waals surface area contributed by atoms with Crippen LogP contribution in [0.4, 0.5) is 5.69 Å². The molecule has 204 valence electrons. The van der Waals surface area contributed by atoms with E-state index in [1.165, 1.54) is 30.2 Å². The summed E-state index contributed by atoms with van der Waals surface area (Å²) in [4.78, 5) is 28.4. The van der Waals surface area contributed by atoms with Gasteiger partial charge < -0.3 is 15.0 Å². The van der Waals surface area contributed by atoms with Gasteiger partial charge in [-0.05, 0) is 63.1 Å². The molecule has 0 radical (unpaired) electrons. The normalized spacial score (nSPS) is 12.6. The number of anilines is 1. The maximum absolute atomic E-state index is 13.8. The monoisotopic (exact) mass is 591 g/mol. The minimum Gasteiger partial charge on any atom is -0.495 e. The third-order valence-electron chi connectivity index (χ3n) is 5.33. The van der Waals surface area contributed by atoms with E-state index in [-0.39, 0.29) is 35.3 Å². The lowest BCUT2D eigenvalue weighted by molar-refractivity contribution is -0.141. The van der Waals surface area contributed by atoms with E-state index >= 15 is 0 Å². The zero-order valence-corrected chi connectivity index (χ0v) is 24.7. The quantitative estimate of drug-likeness (QED) is 0.412. The Morgan fingerprint density at radius 3 is 2.16 bits per heavy atom. The molecule has 0 aromatic heterocycles. The summed E-state index contributed by atoms with van der Waals surface area (Å²) < 4.78 is 31.9. The number of carbonyl (C=O) groups is 2. The molecule has 0 heterocycles. The minimum atomic E-state index is -3.96. The molecule has 0 aliphatic carbocycles. The fourth-order valence-corrected chi connectivity index (χ4v) is 5.14. The number of hydrogen-bond donors (Lipinski definition) is 1. The molecule has 2 amide bonds. The van der Waals surface area contributed by atoms with Crippen molar-refractivity contribution >= 4 is 62.3 Å². The largest absolute Gasteiger partial charge is 0.495 e. The Balaban J connectivity index is 2.57. The van der Waals surface area contributed by atoms with E-state index in [1.54, 1.807) is 25.1 Å². The highest BCUT2D eigenvalue weighted by Gasteiger charge is 2.34. The summed E-state index contributed by atoms with van der Waals surface area (Å²) >= 11 is 18.5. The molecule has 1 unspecified atom stereocenters. The van der Waals surface area contributed by atoms with Crippen molar-refractivity contribution in [2.45, 2.75) is 52.2 Å². The Labute approximate surface area is 233 Å². The minimum absolute atomic E-state index is 0.0464. The summed E-state index contributed by atoms with van der Waals surface area (Å²) in [6.45, 7) is 6.62. The molecular weight excluding hydrogens is 561 g/mol. The lowest BCUT2D eigenvalue weighted by atomic mass is 10.1. The van der Waals surface area contributed by atoms with Gasteiger partial charge in [0.2, 0.25) is 21.8 Å². The first-order valence-corrected chi connectivity index (χ1v) is 14.4. The molecule has 2 aromatic carbocycles. The first-order chi connectivity index (χ1) is 17.1. The molecule has 12 heteroatoms. The predicted molar refractivity (Wildman–Crippen MR) is 149 cm³/mol. The molecule has 0 fully saturated rings. The summed E-state index contributed by atoms with van der Waals surface area (Å²) in [5, 5.41) is 3.89. The van der Waals surface area contributed by atoms with E-state index in [9.17, 15) is 18.0 Å². The Morgan fingerprint density at radius 1 is 1.05 bits per heavy atom. The van der Waals surface area contributed by atoms with Crippen LogP contribution in [0.5, 0.6) is 5.75 Å². The van der Waals surface area contributed by atoms with Crippen LogP contribution in [0.1, 0.15) is 39.7 Å². The maximum Gasteiger partial charge on any atom is 0.244 e. The molecule has 2 rings (SSSR count). The Hall–Kier alpha value is -2.20. The van der Waals surface area contributed by atoms with Gasteiger partial charge in [-0.25, -0.2) is 8.42 Å². The topological polar surface area (TPSA) is 96.0 Å². The number of nitrogens with zero attached hydrogens (tertiary/aromatic N) is 2. The van der Waals surface area contributed by atoms with Crippen LogP contribution in [0, 0.1) is 0 Å². The highest BCUT2D eigenvalue weighted by atomic mass is 35.5. The Morgan fingerprint density at radius 2 is 1.65 bits per heavy atom. The van der Waals surface area contributed by atoms with Crippen molar-refractivity contribution in [2.24, 2.45) is 0 Å². The van der Waals surface area contributed by atoms with E-state index in [4.69, 9.17) is 39.5 Å². The molecule has 2 aromatic rings. The van der Waals surface area contributed by atoms with Gasteiger partial charge in [0, 0.05) is 27.2 Å². The number of hydrogen-bond acceptors (Lipinski definition) is 5. The highest BCUT2D eigenvalue weighted by Crippen LogP contribution is 2.33. The van der Waals surface area contributed by atoms with Gasteiger partial charge in [0.15, 0.2) is 0 Å². The predicted octanol–water partition coefficient (Wildman–Crippen LogP) is 5.14. The lowest BCUT2D eigenvalue weighted by Crippen LogP contribution is -2.55. The fourth-order valence-electron chi connectivity index (χ4n) is 3.66. The van der Waals surface area contributed by atoms with Gasteiger partial charge in [-0.15, -0.1) is 0 Å². The second-order valence-corrected chi connectivity index (χ2v) is 12.7. The van der Waals surface area contributed by atoms with Crippen LogP contribution < -0.4 is 14.4 Å². The van der Waals surface area contributed by atoms with Crippen LogP contribution in [0.2, 0.25) is 15.1 Å². The van der Waals surface area contributed by atoms with Crippen molar-refractivity contribution in [3.8, 4) is 5.75 Å². The standard InChI is InChI=1S/C25H32Cl3N3O5S/c1-7-20(24(33)29-25(2,3)4)30(14-16-8-9-17(26)12-19(16)28)23(32)15-31(37(6,34)35)21-13-18(27)10-11-22(21)36-5/h8-13,20H,7,14-15H2,1-6H3,(H,29,33). The molecule has 0 aliphatic rings. The van der Waals surface area contributed by atoms with Crippen molar-refractivity contribution < 1.29 is 22.7 Å². The van der Waals surface area contributed by atoms with E-state index in [1.807, 2.05) is 20.8 Å². The number of rotatable bonds is 10. The van der Waals surface area contributed by atoms with Crippen LogP contribution in [0.3, 0.4) is 0 Å². The summed E-state index contributed by atoms with van der Waals surface area (Å²) in [6, 6.07) is 8.38. The zero-order valence-electron chi connectivity index (χ0n) is 21.6. The second-order valence-electron chi connectivity index (χ2n) is 9.51. The molecule has 0 bridgehead atoms. The van der Waals surface area contributed by atoms with Gasteiger partial charge in [-0.1, -0.05) is 47.8 Å². The van der Waals surface area contributed by atoms with Crippen molar-refractivity contribution in [2.75, 3.05) is 24.2 Å². The van der Waals surface area contributed by atoms with E-state index in [0.717, 1.165) is 10.6 Å². The van der Waals surface area contributed by atoms with E-state index < -0.39 is 34.1 Å². The highest BCUT2D eigenvalue weighted by molar-refractivity contribution is 7.92. The molecule has 1 atom stereocenters. The van der Waals surface area contributed by atoms with Gasteiger partial charge in [0.05, 0.1) is 19.1 Å². The lowest BCUT2D eigenvalue weighted by Gasteiger charge is -2.34. The molecule has 0 aliphatic heterocycles. The second kappa shape index (κ2) is 12.6. The van der Waals surface area contributed by atoms with Gasteiger partial charge in [0.1, 0.15) is 18.3 Å². The van der Waals surface area contributed by atoms with Crippen LogP contribution in [0.15, 0.2) is 36.4 Å². The molecule has 0 saturated carbocycles. The van der Waals surface area contributed by atoms with Crippen LogP contribution in [-0.4, -0.2) is 56.6 Å². The van der Waals surface area contributed by atoms with Gasteiger partial charge in [0.25, 0.3) is 0 Å². The first-order valence-electron chi connectivity index (χ1n) is 11.4. The SMILES string of the molecule is CCC(C(=O)NC(C)(C)C)N(Cc1ccc(Cl)cc1Cl)C(=O)CN(c1cc(Cl)ccc1OC)S(C)(=O)=O. The smallest absolute Gasteiger partial charge is 0.244 e. The first kappa shape index (κ1) is 31.0.